The molecule has 2 amide bonds. The highest BCUT2D eigenvalue weighted by Crippen LogP contribution is 2.35. The molecule has 4 rings (SSSR count). The molecule has 1 atom stereocenters. The topological polar surface area (TPSA) is 80.0 Å². The summed E-state index contributed by atoms with van der Waals surface area (Å²) < 4.78 is 14.3. The van der Waals surface area contributed by atoms with E-state index in [0.29, 0.717) is 22.8 Å². The number of nitrogens with zero attached hydrogens (tertiary/aromatic N) is 1. The summed E-state index contributed by atoms with van der Waals surface area (Å²) in [7, 11) is 0. The maximum Gasteiger partial charge on any atom is 0.312 e. The van der Waals surface area contributed by atoms with E-state index in [-0.39, 0.29) is 11.9 Å². The van der Waals surface area contributed by atoms with Crippen LogP contribution in [0.25, 0.3) is 22.0 Å². The zero-order chi connectivity index (χ0) is 22.7. The van der Waals surface area contributed by atoms with Crippen molar-refractivity contribution < 1.29 is 9.18 Å². The molecule has 4 N–H and O–H groups in total. The van der Waals surface area contributed by atoms with Gasteiger partial charge < -0.3 is 16.4 Å². The van der Waals surface area contributed by atoms with Crippen molar-refractivity contribution in [3.05, 3.63) is 94.9 Å². The van der Waals surface area contributed by atoms with E-state index in [2.05, 4.69) is 15.6 Å². The smallest absolute Gasteiger partial charge is 0.312 e. The maximum absolute atomic E-state index is 14.3. The lowest BCUT2D eigenvalue weighted by atomic mass is 10.0. The number of hydrogen-bond donors (Lipinski definition) is 3. The average Bonchev–Trinajstić information content (AvgIpc) is 2.80. The van der Waals surface area contributed by atoms with Crippen molar-refractivity contribution in [3.8, 4) is 11.1 Å². The summed E-state index contributed by atoms with van der Waals surface area (Å²) in [6.45, 7) is 2.26. The number of pyridine rings is 1. The highest BCUT2D eigenvalue weighted by Gasteiger charge is 2.15. The molecular weight excluding hydrogens is 427 g/mol. The first-order valence-corrected chi connectivity index (χ1v) is 10.5. The third-order valence-electron chi connectivity index (χ3n) is 5.31. The van der Waals surface area contributed by atoms with E-state index >= 15 is 0 Å². The van der Waals surface area contributed by atoms with E-state index in [1.54, 1.807) is 18.3 Å². The Labute approximate surface area is 190 Å². The van der Waals surface area contributed by atoms with Gasteiger partial charge in [0, 0.05) is 23.7 Å². The largest absolute Gasteiger partial charge is 0.377 e. The van der Waals surface area contributed by atoms with Gasteiger partial charge in [0.15, 0.2) is 0 Å². The molecule has 0 aliphatic rings. The zero-order valence-electron chi connectivity index (χ0n) is 17.4. The number of carbonyl (C=O) groups is 1. The minimum absolute atomic E-state index is 0.270. The van der Waals surface area contributed by atoms with Crippen LogP contribution in [0.3, 0.4) is 0 Å². The van der Waals surface area contributed by atoms with Crippen molar-refractivity contribution in [1.82, 2.24) is 10.3 Å². The first-order valence-electron chi connectivity index (χ1n) is 10.1. The van der Waals surface area contributed by atoms with Crippen LogP contribution in [0.4, 0.5) is 14.9 Å². The fourth-order valence-electron chi connectivity index (χ4n) is 3.62. The number of halogens is 2. The lowest BCUT2D eigenvalue weighted by Crippen LogP contribution is -2.28. The normalized spacial score (nSPS) is 11.8. The third-order valence-corrected chi connectivity index (χ3v) is 5.59. The summed E-state index contributed by atoms with van der Waals surface area (Å²) in [5, 5.41) is 7.25. The predicted molar refractivity (Wildman–Crippen MR) is 127 cm³/mol. The van der Waals surface area contributed by atoms with Crippen LogP contribution in [0.2, 0.25) is 5.02 Å². The Balaban J connectivity index is 1.67. The van der Waals surface area contributed by atoms with Gasteiger partial charge >= 0.3 is 6.03 Å². The molecule has 0 aliphatic carbocycles. The standard InChI is InChI=1S/C25H22ClFN4O/c1-15(19-4-2-3-5-22(19)27)31-24-20-12-18(10-11-23(20)29-14-21(24)26)17-8-6-16(7-9-17)13-30-25(28)32/h2-12,14-15H,13H2,1H3,(H,29,31)(H3,28,30,32)/t15-/m1/s1. The van der Waals surface area contributed by atoms with Crippen molar-refractivity contribution >= 4 is 34.2 Å². The van der Waals surface area contributed by atoms with Crippen molar-refractivity contribution in [1.29, 1.82) is 0 Å². The zero-order valence-corrected chi connectivity index (χ0v) is 18.2. The van der Waals surface area contributed by atoms with Crippen LogP contribution in [0.5, 0.6) is 0 Å². The molecular formula is C25H22ClFN4O. The van der Waals surface area contributed by atoms with E-state index in [0.717, 1.165) is 27.6 Å². The molecule has 0 unspecified atom stereocenters. The molecule has 0 radical (unpaired) electrons. The molecule has 0 bridgehead atoms. The first kappa shape index (κ1) is 21.6. The minimum Gasteiger partial charge on any atom is -0.377 e. The van der Waals surface area contributed by atoms with Gasteiger partial charge in [-0.2, -0.15) is 0 Å². The second-order valence-electron chi connectivity index (χ2n) is 7.52. The van der Waals surface area contributed by atoms with Crippen LogP contribution >= 0.6 is 11.6 Å². The highest BCUT2D eigenvalue weighted by atomic mass is 35.5. The van der Waals surface area contributed by atoms with E-state index < -0.39 is 6.03 Å². The van der Waals surface area contributed by atoms with E-state index in [1.165, 1.54) is 6.07 Å². The van der Waals surface area contributed by atoms with Gasteiger partial charge in [0.25, 0.3) is 0 Å². The van der Waals surface area contributed by atoms with Crippen LogP contribution in [-0.4, -0.2) is 11.0 Å². The van der Waals surface area contributed by atoms with Gasteiger partial charge in [-0.1, -0.05) is 60.1 Å². The van der Waals surface area contributed by atoms with Gasteiger partial charge in [0.05, 0.1) is 22.3 Å². The van der Waals surface area contributed by atoms with E-state index in [1.807, 2.05) is 55.5 Å². The number of urea groups is 1. The van der Waals surface area contributed by atoms with Gasteiger partial charge in [-0.15, -0.1) is 0 Å². The van der Waals surface area contributed by atoms with E-state index in [4.69, 9.17) is 17.3 Å². The average molecular weight is 449 g/mol. The Kier molecular flexibility index (Phi) is 6.23. The van der Waals surface area contributed by atoms with Gasteiger partial charge in [0.2, 0.25) is 0 Å². The van der Waals surface area contributed by atoms with Crippen molar-refractivity contribution in [2.75, 3.05) is 5.32 Å². The lowest BCUT2D eigenvalue weighted by molar-refractivity contribution is 0.248. The molecule has 7 heteroatoms. The molecule has 162 valence electrons. The molecule has 32 heavy (non-hydrogen) atoms. The minimum atomic E-state index is -0.558. The number of anilines is 1. The quantitative estimate of drug-likeness (QED) is 0.336. The van der Waals surface area contributed by atoms with Crippen LogP contribution in [0.15, 0.2) is 72.9 Å². The molecule has 4 aromatic rings. The summed E-state index contributed by atoms with van der Waals surface area (Å²) in [5.74, 6) is -0.270. The molecule has 1 heterocycles. The molecule has 0 spiro atoms. The molecule has 0 aliphatic heterocycles. The second-order valence-corrected chi connectivity index (χ2v) is 7.92. The van der Waals surface area contributed by atoms with Crippen molar-refractivity contribution in [2.45, 2.75) is 19.5 Å². The Morgan fingerprint density at radius 2 is 1.81 bits per heavy atom. The third kappa shape index (κ3) is 4.65. The Hall–Kier alpha value is -3.64. The summed E-state index contributed by atoms with van der Waals surface area (Å²) in [6, 6.07) is 19.6. The first-order chi connectivity index (χ1) is 15.4. The van der Waals surface area contributed by atoms with Crippen molar-refractivity contribution in [2.24, 2.45) is 5.73 Å². The van der Waals surface area contributed by atoms with E-state index in [9.17, 15) is 9.18 Å². The lowest BCUT2D eigenvalue weighted by Gasteiger charge is -2.19. The predicted octanol–water partition coefficient (Wildman–Crippen LogP) is 6.04. The van der Waals surface area contributed by atoms with Crippen LogP contribution in [-0.2, 0) is 6.54 Å². The van der Waals surface area contributed by atoms with Crippen LogP contribution in [0, 0.1) is 5.82 Å². The Morgan fingerprint density at radius 1 is 1.09 bits per heavy atom. The molecule has 0 saturated heterocycles. The van der Waals surface area contributed by atoms with Gasteiger partial charge in [0.1, 0.15) is 5.82 Å². The van der Waals surface area contributed by atoms with Gasteiger partial charge in [-0.25, -0.2) is 9.18 Å². The highest BCUT2D eigenvalue weighted by molar-refractivity contribution is 6.34. The maximum atomic E-state index is 14.3. The molecule has 1 aromatic heterocycles. The molecule has 0 saturated carbocycles. The number of carbonyl (C=O) groups excluding carboxylic acids is 1. The summed E-state index contributed by atoms with van der Waals surface area (Å²) in [4.78, 5) is 15.3. The van der Waals surface area contributed by atoms with Crippen LogP contribution < -0.4 is 16.4 Å². The SMILES string of the molecule is C[C@@H](Nc1c(Cl)cnc2ccc(-c3ccc(CNC(N)=O)cc3)cc12)c1ccccc1F. The fourth-order valence-corrected chi connectivity index (χ4v) is 3.82. The van der Waals surface area contributed by atoms with Crippen LogP contribution in [0.1, 0.15) is 24.1 Å². The number of hydrogen-bond acceptors (Lipinski definition) is 3. The summed E-state index contributed by atoms with van der Waals surface area (Å²) >= 11 is 6.49. The number of benzene rings is 3. The number of nitrogens with one attached hydrogen (secondary N) is 2. The molecule has 5 nitrogen and oxygen atoms in total. The number of aromatic nitrogens is 1. The molecule has 0 fully saturated rings. The number of primary amides is 1. The summed E-state index contributed by atoms with van der Waals surface area (Å²) in [6.07, 6.45) is 1.60. The number of amides is 2. The Bertz CT molecular complexity index is 1280. The Morgan fingerprint density at radius 3 is 2.53 bits per heavy atom. The molecule has 3 aromatic carbocycles. The van der Waals surface area contributed by atoms with Gasteiger partial charge in [-0.05, 0) is 41.8 Å². The van der Waals surface area contributed by atoms with Crippen molar-refractivity contribution in [3.63, 3.8) is 0 Å². The fraction of sp³-hybridized carbons (Fsp3) is 0.120. The summed E-state index contributed by atoms with van der Waals surface area (Å²) in [5.41, 5.74) is 10.1. The van der Waals surface area contributed by atoms with Gasteiger partial charge in [-0.3, -0.25) is 4.98 Å². The monoisotopic (exact) mass is 448 g/mol. The number of fused-ring (bicyclic) bond motifs is 1. The second kappa shape index (κ2) is 9.24. The number of nitrogens with two attached hydrogens (primary N) is 1. The number of rotatable bonds is 6.